The van der Waals surface area contributed by atoms with Crippen LogP contribution in [0.1, 0.15) is 6.92 Å². The number of amides is 1. The summed E-state index contributed by atoms with van der Waals surface area (Å²) in [7, 11) is 0. The first-order valence-corrected chi connectivity index (χ1v) is 4.51. The van der Waals surface area contributed by atoms with Gasteiger partial charge < -0.3 is 25.4 Å². The molecule has 0 radical (unpaired) electrons. The standard InChI is InChI=1S/C8H14FNO5/c1-3(12)10-6-5(9)7(13)4(2-11)15-8(6)14/h4-8,11,13-14H,2H2,1H3,(H,10,12)/t4-,5+,6-,7-,8+/m1/s1. The number of alkyl halides is 1. The van der Waals surface area contributed by atoms with Crippen LogP contribution in [-0.4, -0.2) is 58.5 Å². The summed E-state index contributed by atoms with van der Waals surface area (Å²) in [4.78, 5) is 10.7. The molecule has 1 saturated heterocycles. The minimum Gasteiger partial charge on any atom is -0.394 e. The van der Waals surface area contributed by atoms with Crippen LogP contribution in [0.15, 0.2) is 0 Å². The van der Waals surface area contributed by atoms with Crippen LogP contribution in [0.25, 0.3) is 0 Å². The molecule has 6 nitrogen and oxygen atoms in total. The highest BCUT2D eigenvalue weighted by Crippen LogP contribution is 2.22. The third-order valence-corrected chi connectivity index (χ3v) is 2.22. The fourth-order valence-corrected chi connectivity index (χ4v) is 1.46. The van der Waals surface area contributed by atoms with Gasteiger partial charge in [0, 0.05) is 6.92 Å². The fraction of sp³-hybridized carbons (Fsp3) is 0.875. The number of carbonyl (C=O) groups is 1. The molecule has 0 aromatic carbocycles. The molecule has 5 atom stereocenters. The van der Waals surface area contributed by atoms with Gasteiger partial charge in [0.1, 0.15) is 18.2 Å². The maximum absolute atomic E-state index is 13.5. The monoisotopic (exact) mass is 223 g/mol. The number of rotatable bonds is 2. The molecule has 4 N–H and O–H groups in total. The minimum absolute atomic E-state index is 0.542. The first-order valence-electron chi connectivity index (χ1n) is 4.51. The van der Waals surface area contributed by atoms with Crippen molar-refractivity contribution in [1.29, 1.82) is 0 Å². The molecule has 0 unspecified atom stereocenters. The Balaban J connectivity index is 2.70. The number of aliphatic hydroxyl groups is 3. The Bertz CT molecular complexity index is 239. The number of hydrogen-bond donors (Lipinski definition) is 4. The Hall–Kier alpha value is -0.760. The lowest BCUT2D eigenvalue weighted by Crippen LogP contribution is -2.62. The van der Waals surface area contributed by atoms with Crippen LogP contribution in [0.2, 0.25) is 0 Å². The van der Waals surface area contributed by atoms with Gasteiger partial charge in [-0.2, -0.15) is 0 Å². The van der Waals surface area contributed by atoms with Gasteiger partial charge in [-0.05, 0) is 0 Å². The van der Waals surface area contributed by atoms with Crippen LogP contribution in [0.5, 0.6) is 0 Å². The molecular formula is C8H14FNO5. The van der Waals surface area contributed by atoms with Crippen molar-refractivity contribution in [2.24, 2.45) is 0 Å². The summed E-state index contributed by atoms with van der Waals surface area (Å²) in [6.45, 7) is 0.551. The van der Waals surface area contributed by atoms with E-state index in [1.807, 2.05) is 0 Å². The highest BCUT2D eigenvalue weighted by Gasteiger charge is 2.45. The zero-order valence-electron chi connectivity index (χ0n) is 8.13. The first kappa shape index (κ1) is 12.3. The quantitative estimate of drug-likeness (QED) is 0.430. The summed E-state index contributed by atoms with van der Waals surface area (Å²) in [6.07, 6.45) is -6.21. The second-order valence-electron chi connectivity index (χ2n) is 3.41. The number of halogens is 1. The summed E-state index contributed by atoms with van der Waals surface area (Å²) in [5.74, 6) is -0.542. The maximum atomic E-state index is 13.5. The third-order valence-electron chi connectivity index (χ3n) is 2.22. The van der Waals surface area contributed by atoms with Gasteiger partial charge in [0.25, 0.3) is 0 Å². The smallest absolute Gasteiger partial charge is 0.217 e. The molecule has 0 aromatic heterocycles. The van der Waals surface area contributed by atoms with Gasteiger partial charge in [0.2, 0.25) is 5.91 Å². The molecular weight excluding hydrogens is 209 g/mol. The van der Waals surface area contributed by atoms with Crippen LogP contribution < -0.4 is 5.32 Å². The molecule has 0 bridgehead atoms. The molecule has 0 aromatic rings. The maximum Gasteiger partial charge on any atom is 0.217 e. The first-order chi connectivity index (χ1) is 6.97. The zero-order valence-corrected chi connectivity index (χ0v) is 8.13. The molecule has 1 aliphatic rings. The van der Waals surface area contributed by atoms with E-state index in [0.717, 1.165) is 6.92 Å². The number of ether oxygens (including phenoxy) is 1. The van der Waals surface area contributed by atoms with E-state index in [-0.39, 0.29) is 0 Å². The van der Waals surface area contributed by atoms with E-state index in [2.05, 4.69) is 5.32 Å². The van der Waals surface area contributed by atoms with Crippen molar-refractivity contribution in [2.45, 2.75) is 37.6 Å². The van der Waals surface area contributed by atoms with E-state index in [1.54, 1.807) is 0 Å². The van der Waals surface area contributed by atoms with Crippen molar-refractivity contribution in [3.8, 4) is 0 Å². The second kappa shape index (κ2) is 4.84. The van der Waals surface area contributed by atoms with Gasteiger partial charge in [-0.1, -0.05) is 0 Å². The largest absolute Gasteiger partial charge is 0.394 e. The van der Waals surface area contributed by atoms with Crippen molar-refractivity contribution in [2.75, 3.05) is 6.61 Å². The summed E-state index contributed by atoms with van der Waals surface area (Å²) < 4.78 is 18.2. The highest BCUT2D eigenvalue weighted by molar-refractivity contribution is 5.73. The lowest BCUT2D eigenvalue weighted by Gasteiger charge is -2.38. The zero-order chi connectivity index (χ0) is 11.6. The Labute approximate surface area is 85.7 Å². The van der Waals surface area contributed by atoms with Crippen LogP contribution >= 0.6 is 0 Å². The highest BCUT2D eigenvalue weighted by atomic mass is 19.1. The lowest BCUT2D eigenvalue weighted by atomic mass is 9.98. The van der Waals surface area contributed by atoms with Crippen LogP contribution in [-0.2, 0) is 9.53 Å². The summed E-state index contributed by atoms with van der Waals surface area (Å²) in [5.41, 5.74) is 0. The molecule has 7 heteroatoms. The number of aliphatic hydroxyl groups excluding tert-OH is 3. The Morgan fingerprint density at radius 1 is 1.53 bits per heavy atom. The van der Waals surface area contributed by atoms with Gasteiger partial charge in [0.15, 0.2) is 12.5 Å². The van der Waals surface area contributed by atoms with Crippen molar-refractivity contribution < 1.29 is 29.2 Å². The molecule has 0 spiro atoms. The van der Waals surface area contributed by atoms with Crippen LogP contribution in [0.4, 0.5) is 4.39 Å². The number of carbonyl (C=O) groups excluding carboxylic acids is 1. The molecule has 0 aliphatic carbocycles. The second-order valence-corrected chi connectivity index (χ2v) is 3.41. The van der Waals surface area contributed by atoms with E-state index < -0.39 is 43.2 Å². The SMILES string of the molecule is CC(=O)N[C@@H]1[C@H](F)[C@H](O)[C@@H](CO)O[C@@H]1O. The van der Waals surface area contributed by atoms with Gasteiger partial charge in [-0.15, -0.1) is 0 Å². The fourth-order valence-electron chi connectivity index (χ4n) is 1.46. The Kier molecular flexibility index (Phi) is 3.97. The number of nitrogens with one attached hydrogen (secondary N) is 1. The van der Waals surface area contributed by atoms with E-state index in [4.69, 9.17) is 9.84 Å². The van der Waals surface area contributed by atoms with Crippen molar-refractivity contribution in [3.63, 3.8) is 0 Å². The van der Waals surface area contributed by atoms with Crippen molar-refractivity contribution in [3.05, 3.63) is 0 Å². The molecule has 0 saturated carbocycles. The van der Waals surface area contributed by atoms with Crippen LogP contribution in [0.3, 0.4) is 0 Å². The summed E-state index contributed by atoms with van der Waals surface area (Å²) in [5, 5.41) is 29.5. The molecule has 1 fully saturated rings. The van der Waals surface area contributed by atoms with Gasteiger partial charge in [0.05, 0.1) is 6.61 Å². The molecule has 1 amide bonds. The molecule has 1 heterocycles. The lowest BCUT2D eigenvalue weighted by molar-refractivity contribution is -0.242. The summed E-state index contributed by atoms with van der Waals surface area (Å²) >= 11 is 0. The van der Waals surface area contributed by atoms with E-state index in [1.165, 1.54) is 0 Å². The predicted molar refractivity (Wildman–Crippen MR) is 46.5 cm³/mol. The van der Waals surface area contributed by atoms with Gasteiger partial charge in [-0.25, -0.2) is 4.39 Å². The average molecular weight is 223 g/mol. The molecule has 1 aliphatic heterocycles. The van der Waals surface area contributed by atoms with Crippen LogP contribution in [0, 0.1) is 0 Å². The molecule has 1 rings (SSSR count). The molecule has 88 valence electrons. The van der Waals surface area contributed by atoms with E-state index >= 15 is 0 Å². The van der Waals surface area contributed by atoms with Crippen molar-refractivity contribution >= 4 is 5.91 Å². The summed E-state index contributed by atoms with van der Waals surface area (Å²) in [6, 6.07) is -1.32. The molecule has 15 heavy (non-hydrogen) atoms. The Morgan fingerprint density at radius 2 is 2.13 bits per heavy atom. The van der Waals surface area contributed by atoms with Gasteiger partial charge in [-0.3, -0.25) is 4.79 Å². The number of hydrogen-bond acceptors (Lipinski definition) is 5. The minimum atomic E-state index is -1.88. The van der Waals surface area contributed by atoms with Gasteiger partial charge >= 0.3 is 0 Å². The normalized spacial score (nSPS) is 41.3. The van der Waals surface area contributed by atoms with E-state index in [9.17, 15) is 19.4 Å². The average Bonchev–Trinajstić information content (AvgIpc) is 2.18. The van der Waals surface area contributed by atoms with E-state index in [0.29, 0.717) is 0 Å². The van der Waals surface area contributed by atoms with Crippen molar-refractivity contribution in [1.82, 2.24) is 5.32 Å². The topological polar surface area (TPSA) is 99.0 Å². The Morgan fingerprint density at radius 3 is 2.60 bits per heavy atom. The third kappa shape index (κ3) is 2.63. The predicted octanol–water partition coefficient (Wildman–Crippen LogP) is -2.10.